The minimum Gasteiger partial charge on any atom is -0.377 e. The first-order valence-corrected chi connectivity index (χ1v) is 4.36. The van der Waals surface area contributed by atoms with E-state index in [1.165, 1.54) is 12.8 Å². The zero-order chi connectivity index (χ0) is 7.94. The van der Waals surface area contributed by atoms with Crippen molar-refractivity contribution in [2.24, 2.45) is 0 Å². The SMILES string of the molecule is C=CCCOC1CCCNC1. The molecule has 1 unspecified atom stereocenters. The molecule has 1 aliphatic rings. The average Bonchev–Trinajstić information content (AvgIpc) is 2.07. The standard InChI is InChI=1S/C9H17NO/c1-2-3-7-11-9-5-4-6-10-8-9/h2,9-10H,1,3-8H2. The third-order valence-electron chi connectivity index (χ3n) is 1.93. The molecule has 0 aromatic heterocycles. The van der Waals surface area contributed by atoms with Gasteiger partial charge < -0.3 is 10.1 Å². The van der Waals surface area contributed by atoms with E-state index in [-0.39, 0.29) is 0 Å². The highest BCUT2D eigenvalue weighted by Crippen LogP contribution is 2.05. The fourth-order valence-corrected chi connectivity index (χ4v) is 1.28. The molecular weight excluding hydrogens is 138 g/mol. The molecule has 0 aliphatic carbocycles. The van der Waals surface area contributed by atoms with Crippen molar-refractivity contribution < 1.29 is 4.74 Å². The lowest BCUT2D eigenvalue weighted by Crippen LogP contribution is -2.35. The van der Waals surface area contributed by atoms with Crippen molar-refractivity contribution in [3.05, 3.63) is 12.7 Å². The Morgan fingerprint density at radius 1 is 1.64 bits per heavy atom. The van der Waals surface area contributed by atoms with Crippen molar-refractivity contribution >= 4 is 0 Å². The Bertz CT molecular complexity index is 108. The number of piperidine rings is 1. The topological polar surface area (TPSA) is 21.3 Å². The molecule has 0 aromatic rings. The molecule has 1 aliphatic heterocycles. The van der Waals surface area contributed by atoms with Gasteiger partial charge in [-0.3, -0.25) is 0 Å². The summed E-state index contributed by atoms with van der Waals surface area (Å²) in [5.41, 5.74) is 0. The minimum atomic E-state index is 0.448. The summed E-state index contributed by atoms with van der Waals surface area (Å²) in [6.07, 6.45) is 5.78. The predicted molar refractivity (Wildman–Crippen MR) is 46.7 cm³/mol. The van der Waals surface area contributed by atoms with Crippen molar-refractivity contribution in [3.63, 3.8) is 0 Å². The van der Waals surface area contributed by atoms with Crippen LogP contribution in [0.4, 0.5) is 0 Å². The third kappa shape index (κ3) is 3.54. The molecule has 11 heavy (non-hydrogen) atoms. The van der Waals surface area contributed by atoms with Crippen LogP contribution in [0.2, 0.25) is 0 Å². The van der Waals surface area contributed by atoms with Crippen LogP contribution in [0.25, 0.3) is 0 Å². The normalized spacial score (nSPS) is 24.9. The van der Waals surface area contributed by atoms with Crippen LogP contribution in [-0.2, 0) is 4.74 Å². The summed E-state index contributed by atoms with van der Waals surface area (Å²) in [5.74, 6) is 0. The lowest BCUT2D eigenvalue weighted by atomic mass is 10.1. The lowest BCUT2D eigenvalue weighted by molar-refractivity contribution is 0.0400. The maximum atomic E-state index is 5.59. The van der Waals surface area contributed by atoms with E-state index in [9.17, 15) is 0 Å². The highest BCUT2D eigenvalue weighted by atomic mass is 16.5. The van der Waals surface area contributed by atoms with E-state index < -0.39 is 0 Å². The van der Waals surface area contributed by atoms with Gasteiger partial charge >= 0.3 is 0 Å². The molecule has 0 amide bonds. The van der Waals surface area contributed by atoms with Gasteiger partial charge in [0.05, 0.1) is 12.7 Å². The first-order chi connectivity index (χ1) is 5.43. The van der Waals surface area contributed by atoms with Gasteiger partial charge in [0, 0.05) is 6.54 Å². The zero-order valence-corrected chi connectivity index (χ0v) is 7.01. The van der Waals surface area contributed by atoms with Gasteiger partial charge in [-0.2, -0.15) is 0 Å². The second-order valence-electron chi connectivity index (χ2n) is 2.92. The van der Waals surface area contributed by atoms with Crippen LogP contribution in [0, 0.1) is 0 Å². The van der Waals surface area contributed by atoms with Crippen LogP contribution >= 0.6 is 0 Å². The summed E-state index contributed by atoms with van der Waals surface area (Å²) >= 11 is 0. The monoisotopic (exact) mass is 155 g/mol. The van der Waals surface area contributed by atoms with Crippen molar-refractivity contribution in [2.45, 2.75) is 25.4 Å². The maximum absolute atomic E-state index is 5.59. The van der Waals surface area contributed by atoms with E-state index in [1.807, 2.05) is 6.08 Å². The summed E-state index contributed by atoms with van der Waals surface area (Å²) in [5, 5.41) is 3.31. The van der Waals surface area contributed by atoms with Crippen LogP contribution in [-0.4, -0.2) is 25.8 Å². The summed E-state index contributed by atoms with van der Waals surface area (Å²) in [7, 11) is 0. The molecule has 0 spiro atoms. The van der Waals surface area contributed by atoms with Crippen LogP contribution in [0.15, 0.2) is 12.7 Å². The van der Waals surface area contributed by atoms with Gasteiger partial charge in [0.15, 0.2) is 0 Å². The first kappa shape index (κ1) is 8.75. The Balaban J connectivity index is 2.00. The number of rotatable bonds is 4. The lowest BCUT2D eigenvalue weighted by Gasteiger charge is -2.22. The number of hydrogen-bond donors (Lipinski definition) is 1. The molecule has 64 valence electrons. The van der Waals surface area contributed by atoms with Crippen LogP contribution in [0.5, 0.6) is 0 Å². The van der Waals surface area contributed by atoms with Gasteiger partial charge in [0.25, 0.3) is 0 Å². The number of ether oxygens (including phenoxy) is 1. The van der Waals surface area contributed by atoms with Gasteiger partial charge in [0.1, 0.15) is 0 Å². The third-order valence-corrected chi connectivity index (χ3v) is 1.93. The van der Waals surface area contributed by atoms with Gasteiger partial charge in [-0.15, -0.1) is 6.58 Å². The molecule has 0 saturated carbocycles. The fraction of sp³-hybridized carbons (Fsp3) is 0.778. The van der Waals surface area contributed by atoms with Gasteiger partial charge in [-0.05, 0) is 25.8 Å². The van der Waals surface area contributed by atoms with Crippen molar-refractivity contribution in [3.8, 4) is 0 Å². The van der Waals surface area contributed by atoms with Crippen molar-refractivity contribution in [1.29, 1.82) is 0 Å². The van der Waals surface area contributed by atoms with Gasteiger partial charge in [0.2, 0.25) is 0 Å². The molecule has 1 atom stereocenters. The average molecular weight is 155 g/mol. The van der Waals surface area contributed by atoms with E-state index in [2.05, 4.69) is 11.9 Å². The summed E-state index contributed by atoms with van der Waals surface area (Å²) in [4.78, 5) is 0. The van der Waals surface area contributed by atoms with Crippen molar-refractivity contribution in [1.82, 2.24) is 5.32 Å². The van der Waals surface area contributed by atoms with Gasteiger partial charge in [-0.25, -0.2) is 0 Å². The number of nitrogens with one attached hydrogen (secondary N) is 1. The number of hydrogen-bond acceptors (Lipinski definition) is 2. The maximum Gasteiger partial charge on any atom is 0.0700 e. The minimum absolute atomic E-state index is 0.448. The molecule has 0 bridgehead atoms. The molecule has 2 heteroatoms. The van der Waals surface area contributed by atoms with E-state index in [4.69, 9.17) is 4.74 Å². The fourth-order valence-electron chi connectivity index (χ4n) is 1.28. The van der Waals surface area contributed by atoms with E-state index in [1.54, 1.807) is 0 Å². The predicted octanol–water partition coefficient (Wildman–Crippen LogP) is 1.33. The van der Waals surface area contributed by atoms with Gasteiger partial charge in [-0.1, -0.05) is 6.08 Å². The first-order valence-electron chi connectivity index (χ1n) is 4.36. The quantitative estimate of drug-likeness (QED) is 0.488. The molecule has 0 aromatic carbocycles. The molecule has 2 nitrogen and oxygen atoms in total. The largest absolute Gasteiger partial charge is 0.377 e. The highest BCUT2D eigenvalue weighted by molar-refractivity contribution is 4.70. The Kier molecular flexibility index (Phi) is 4.24. The van der Waals surface area contributed by atoms with E-state index in [0.717, 1.165) is 26.1 Å². The molecular formula is C9H17NO. The Labute approximate surface area is 68.6 Å². The summed E-state index contributed by atoms with van der Waals surface area (Å²) < 4.78 is 5.59. The Morgan fingerprint density at radius 2 is 2.55 bits per heavy atom. The van der Waals surface area contributed by atoms with E-state index >= 15 is 0 Å². The summed E-state index contributed by atoms with van der Waals surface area (Å²) in [6, 6.07) is 0. The molecule has 0 radical (unpaired) electrons. The van der Waals surface area contributed by atoms with Crippen LogP contribution in [0.1, 0.15) is 19.3 Å². The van der Waals surface area contributed by atoms with Crippen LogP contribution < -0.4 is 5.32 Å². The van der Waals surface area contributed by atoms with Crippen molar-refractivity contribution in [2.75, 3.05) is 19.7 Å². The highest BCUT2D eigenvalue weighted by Gasteiger charge is 2.11. The summed E-state index contributed by atoms with van der Waals surface area (Å²) in [6.45, 7) is 6.66. The molecule has 1 heterocycles. The Morgan fingerprint density at radius 3 is 3.18 bits per heavy atom. The van der Waals surface area contributed by atoms with Crippen LogP contribution in [0.3, 0.4) is 0 Å². The van der Waals surface area contributed by atoms with E-state index in [0.29, 0.717) is 6.10 Å². The zero-order valence-electron chi connectivity index (χ0n) is 7.01. The Hall–Kier alpha value is -0.340. The smallest absolute Gasteiger partial charge is 0.0700 e. The molecule has 1 rings (SSSR count). The second kappa shape index (κ2) is 5.33. The molecule has 1 fully saturated rings. The molecule has 1 saturated heterocycles. The second-order valence-corrected chi connectivity index (χ2v) is 2.92. The molecule has 1 N–H and O–H groups in total.